The third-order valence-electron chi connectivity index (χ3n) is 0.911. The minimum absolute atomic E-state index is 0.156. The molecule has 1 aromatic heterocycles. The molecular formula is C7H9N. The van der Waals surface area contributed by atoms with Gasteiger partial charge < -0.3 is 0 Å². The lowest BCUT2D eigenvalue weighted by atomic mass is 10.3. The highest BCUT2D eigenvalue weighted by Crippen LogP contribution is 1.94. The lowest BCUT2D eigenvalue weighted by Crippen LogP contribution is -1.78. The maximum atomic E-state index is 7.01. The van der Waals surface area contributed by atoms with Gasteiger partial charge in [-0.1, -0.05) is 6.07 Å². The van der Waals surface area contributed by atoms with Crippen molar-refractivity contribution in [3.63, 3.8) is 0 Å². The van der Waals surface area contributed by atoms with E-state index in [9.17, 15) is 0 Å². The molecular weight excluding hydrogens is 98.1 g/mol. The van der Waals surface area contributed by atoms with Crippen LogP contribution in [-0.2, 0) is 0 Å². The van der Waals surface area contributed by atoms with E-state index in [1.165, 1.54) is 6.07 Å². The van der Waals surface area contributed by atoms with Gasteiger partial charge in [0.2, 0.25) is 0 Å². The average molecular weight is 110 g/mol. The van der Waals surface area contributed by atoms with Gasteiger partial charge in [-0.25, -0.2) is 0 Å². The molecule has 42 valence electrons. The van der Waals surface area contributed by atoms with Gasteiger partial charge >= 0.3 is 0 Å². The first kappa shape index (κ1) is 2.62. The maximum Gasteiger partial charge on any atom is 0.0372 e. The molecule has 1 rings (SSSR count). The largest absolute Gasteiger partial charge is 0.261 e. The Morgan fingerprint density at radius 3 is 3.00 bits per heavy atom. The van der Waals surface area contributed by atoms with Gasteiger partial charge in [-0.2, -0.15) is 0 Å². The molecule has 8 heavy (non-hydrogen) atoms. The summed E-state index contributed by atoms with van der Waals surface area (Å²) in [7, 11) is 0. The van der Waals surface area contributed by atoms with Crippen LogP contribution in [0.1, 0.15) is 15.4 Å². The Morgan fingerprint density at radius 1 is 1.62 bits per heavy atom. The van der Waals surface area contributed by atoms with Gasteiger partial charge in [-0.05, 0) is 25.4 Å². The second kappa shape index (κ2) is 1.95. The molecule has 1 nitrogen and oxygen atoms in total. The molecule has 0 amide bonds. The fraction of sp³-hybridized carbons (Fsp3) is 0.286. The van der Waals surface area contributed by atoms with Crippen molar-refractivity contribution in [2.75, 3.05) is 0 Å². The summed E-state index contributed by atoms with van der Waals surface area (Å²) in [5, 5.41) is 0. The number of hydrogen-bond donors (Lipinski definition) is 0. The Balaban J connectivity index is 2.99. The summed E-state index contributed by atoms with van der Waals surface area (Å²) in [5.41, 5.74) is 1.13. The molecule has 1 heterocycles. The van der Waals surface area contributed by atoms with Crippen LogP contribution in [0.15, 0.2) is 18.3 Å². The van der Waals surface area contributed by atoms with Crippen LogP contribution in [0, 0.1) is 13.8 Å². The maximum absolute atomic E-state index is 7.01. The highest BCUT2D eigenvalue weighted by molar-refractivity contribution is 5.10. The summed E-state index contributed by atoms with van der Waals surface area (Å²) >= 11 is 0. The highest BCUT2D eigenvalue weighted by Gasteiger charge is 1.81. The van der Waals surface area contributed by atoms with Gasteiger partial charge in [-0.3, -0.25) is 4.98 Å². The van der Waals surface area contributed by atoms with Gasteiger partial charge in [-0.15, -0.1) is 0 Å². The van der Waals surface area contributed by atoms with E-state index in [4.69, 9.17) is 4.11 Å². The van der Waals surface area contributed by atoms with Crippen molar-refractivity contribution in [2.24, 2.45) is 0 Å². The number of nitrogens with zero attached hydrogens (tertiary/aromatic N) is 1. The molecule has 0 saturated heterocycles. The van der Waals surface area contributed by atoms with Crippen molar-refractivity contribution in [1.82, 2.24) is 4.98 Å². The molecule has 0 spiro atoms. The van der Waals surface area contributed by atoms with Crippen LogP contribution in [0.4, 0.5) is 0 Å². The first-order valence-electron chi connectivity index (χ1n) is 3.93. The number of hydrogen-bond acceptors (Lipinski definition) is 1. The quantitative estimate of drug-likeness (QED) is 0.495. The van der Waals surface area contributed by atoms with Crippen LogP contribution >= 0.6 is 0 Å². The molecule has 0 bridgehead atoms. The van der Waals surface area contributed by atoms with Crippen LogP contribution in [-0.4, -0.2) is 4.98 Å². The minimum atomic E-state index is -2.08. The van der Waals surface area contributed by atoms with Gasteiger partial charge in [0, 0.05) is 16.0 Å². The molecule has 0 fully saturated rings. The van der Waals surface area contributed by atoms with Crippen LogP contribution in [0.5, 0.6) is 0 Å². The topological polar surface area (TPSA) is 12.9 Å². The molecule has 0 radical (unpaired) electrons. The van der Waals surface area contributed by atoms with E-state index in [1.807, 2.05) is 6.92 Å². The van der Waals surface area contributed by atoms with E-state index in [-0.39, 0.29) is 5.69 Å². The van der Waals surface area contributed by atoms with Crippen molar-refractivity contribution in [3.8, 4) is 0 Å². The zero-order valence-electron chi connectivity index (χ0n) is 7.68. The smallest absolute Gasteiger partial charge is 0.0372 e. The average Bonchev–Trinajstić information content (AvgIpc) is 1.86. The number of aromatic nitrogens is 1. The van der Waals surface area contributed by atoms with Crippen molar-refractivity contribution >= 4 is 0 Å². The first-order chi connectivity index (χ1) is 5.00. The van der Waals surface area contributed by atoms with Crippen LogP contribution in [0.2, 0.25) is 0 Å². The molecule has 0 aliphatic carbocycles. The Hall–Kier alpha value is -0.850. The monoisotopic (exact) mass is 110 g/mol. The Labute approximate surface area is 53.6 Å². The standard InChI is InChI=1S/C7H9N/c1-6-3-4-7(2)8-5-6/h3-5H,1-2H3/i2D3. The summed E-state index contributed by atoms with van der Waals surface area (Å²) in [6.45, 7) is -0.204. The predicted octanol–water partition coefficient (Wildman–Crippen LogP) is 1.70. The Kier molecular flexibility index (Phi) is 0.639. The predicted molar refractivity (Wildman–Crippen MR) is 33.7 cm³/mol. The second-order valence-electron chi connectivity index (χ2n) is 1.72. The molecule has 0 unspecified atom stereocenters. The zero-order chi connectivity index (χ0) is 8.48. The summed E-state index contributed by atoms with van der Waals surface area (Å²) in [6.07, 6.45) is 1.56. The van der Waals surface area contributed by atoms with Gasteiger partial charge in [0.25, 0.3) is 0 Å². The number of aryl methyl sites for hydroxylation is 2. The lowest BCUT2D eigenvalue weighted by molar-refractivity contribution is 1.17. The summed E-state index contributed by atoms with van der Waals surface area (Å²) < 4.78 is 21.0. The molecule has 0 aromatic carbocycles. The summed E-state index contributed by atoms with van der Waals surface area (Å²) in [6, 6.07) is 3.27. The minimum Gasteiger partial charge on any atom is -0.261 e. The molecule has 0 aliphatic rings. The third kappa shape index (κ3) is 1.06. The van der Waals surface area contributed by atoms with E-state index in [1.54, 1.807) is 12.3 Å². The van der Waals surface area contributed by atoms with Crippen LogP contribution < -0.4 is 0 Å². The Bertz CT molecular complexity index is 237. The lowest BCUT2D eigenvalue weighted by Gasteiger charge is -1.89. The fourth-order valence-electron chi connectivity index (χ4n) is 0.468. The molecule has 1 heteroatoms. The van der Waals surface area contributed by atoms with Gasteiger partial charge in [0.1, 0.15) is 0 Å². The molecule has 0 saturated carbocycles. The highest BCUT2D eigenvalue weighted by atomic mass is 14.6. The van der Waals surface area contributed by atoms with Crippen LogP contribution in [0.25, 0.3) is 0 Å². The number of rotatable bonds is 0. The van der Waals surface area contributed by atoms with Crippen molar-refractivity contribution < 1.29 is 4.11 Å². The van der Waals surface area contributed by atoms with E-state index in [2.05, 4.69) is 4.98 Å². The summed E-state index contributed by atoms with van der Waals surface area (Å²) in [4.78, 5) is 3.79. The van der Waals surface area contributed by atoms with E-state index >= 15 is 0 Å². The van der Waals surface area contributed by atoms with Crippen molar-refractivity contribution in [1.29, 1.82) is 0 Å². The molecule has 1 aromatic rings. The third-order valence-corrected chi connectivity index (χ3v) is 0.911. The molecule has 0 aliphatic heterocycles. The van der Waals surface area contributed by atoms with Crippen LogP contribution in [0.3, 0.4) is 0 Å². The van der Waals surface area contributed by atoms with E-state index in [0.717, 1.165) is 5.56 Å². The first-order valence-corrected chi connectivity index (χ1v) is 2.43. The number of pyridine rings is 1. The Morgan fingerprint density at radius 2 is 2.50 bits per heavy atom. The van der Waals surface area contributed by atoms with E-state index < -0.39 is 6.85 Å². The molecule has 0 atom stereocenters. The van der Waals surface area contributed by atoms with E-state index in [0.29, 0.717) is 0 Å². The summed E-state index contributed by atoms with van der Waals surface area (Å²) in [5.74, 6) is 0. The normalized spacial score (nSPS) is 16.4. The second-order valence-corrected chi connectivity index (χ2v) is 1.72. The van der Waals surface area contributed by atoms with Gasteiger partial charge in [0.05, 0.1) is 0 Å². The van der Waals surface area contributed by atoms with Gasteiger partial charge in [0.15, 0.2) is 0 Å². The molecule has 0 N–H and O–H groups in total. The van der Waals surface area contributed by atoms with Crippen molar-refractivity contribution in [3.05, 3.63) is 29.6 Å². The zero-order valence-corrected chi connectivity index (χ0v) is 4.68. The SMILES string of the molecule is [2H]C([2H])([2H])c1ccc(C)cn1. The van der Waals surface area contributed by atoms with Crippen molar-refractivity contribution in [2.45, 2.75) is 13.8 Å². The fourth-order valence-corrected chi connectivity index (χ4v) is 0.468.